The standard InChI is InChI=1S/C23H34O4/c1-6-7-8-12-19-15-21(25)20(22(26)23(19)27-18(5)24)14-13-17(4)11-9-10-16(2)3/h10,13,15,25-26H,6-9,11-12,14H2,1-5H3/b17-13-. The summed E-state index contributed by atoms with van der Waals surface area (Å²) in [7, 11) is 0. The van der Waals surface area contributed by atoms with E-state index in [0.717, 1.165) is 32.1 Å². The molecule has 0 amide bonds. The van der Waals surface area contributed by atoms with Crippen LogP contribution in [0.2, 0.25) is 0 Å². The van der Waals surface area contributed by atoms with Gasteiger partial charge in [0.15, 0.2) is 11.5 Å². The molecule has 4 nitrogen and oxygen atoms in total. The van der Waals surface area contributed by atoms with E-state index >= 15 is 0 Å². The molecule has 0 spiro atoms. The Morgan fingerprint density at radius 3 is 2.41 bits per heavy atom. The van der Waals surface area contributed by atoms with Crippen molar-refractivity contribution >= 4 is 5.97 Å². The largest absolute Gasteiger partial charge is 0.508 e. The maximum Gasteiger partial charge on any atom is 0.308 e. The topological polar surface area (TPSA) is 66.8 Å². The van der Waals surface area contributed by atoms with Gasteiger partial charge in [-0.15, -0.1) is 0 Å². The summed E-state index contributed by atoms with van der Waals surface area (Å²) in [6.45, 7) is 9.62. The van der Waals surface area contributed by atoms with E-state index in [4.69, 9.17) is 4.74 Å². The average molecular weight is 375 g/mol. The number of esters is 1. The number of hydrogen-bond donors (Lipinski definition) is 2. The van der Waals surface area contributed by atoms with Gasteiger partial charge in [-0.25, -0.2) is 0 Å². The predicted octanol–water partition coefficient (Wildman–Crippen LogP) is 5.99. The average Bonchev–Trinajstić information content (AvgIpc) is 2.57. The molecule has 0 bridgehead atoms. The Balaban J connectivity index is 3.05. The molecule has 27 heavy (non-hydrogen) atoms. The lowest BCUT2D eigenvalue weighted by atomic mass is 9.99. The first-order chi connectivity index (χ1) is 12.8. The zero-order chi connectivity index (χ0) is 20.4. The maximum absolute atomic E-state index is 11.5. The van der Waals surface area contributed by atoms with Gasteiger partial charge in [-0.1, -0.05) is 43.1 Å². The first-order valence-corrected chi connectivity index (χ1v) is 9.80. The fourth-order valence-electron chi connectivity index (χ4n) is 2.91. The zero-order valence-electron chi connectivity index (χ0n) is 17.4. The van der Waals surface area contributed by atoms with Crippen molar-refractivity contribution in [1.82, 2.24) is 0 Å². The predicted molar refractivity (Wildman–Crippen MR) is 110 cm³/mol. The molecule has 0 atom stereocenters. The molecule has 1 aromatic carbocycles. The van der Waals surface area contributed by atoms with Gasteiger partial charge in [-0.2, -0.15) is 0 Å². The second kappa shape index (κ2) is 11.5. The number of rotatable bonds is 10. The molecule has 1 aromatic rings. The monoisotopic (exact) mass is 374 g/mol. The summed E-state index contributed by atoms with van der Waals surface area (Å²) in [6.07, 6.45) is 10.1. The summed E-state index contributed by atoms with van der Waals surface area (Å²) in [5.41, 5.74) is 3.55. The molecule has 0 heterocycles. The van der Waals surface area contributed by atoms with Crippen LogP contribution in [-0.4, -0.2) is 16.2 Å². The van der Waals surface area contributed by atoms with Gasteiger partial charge in [-0.3, -0.25) is 4.79 Å². The van der Waals surface area contributed by atoms with Crippen molar-refractivity contribution in [3.8, 4) is 17.2 Å². The molecule has 0 saturated heterocycles. The maximum atomic E-state index is 11.5. The number of ether oxygens (including phenoxy) is 1. The third kappa shape index (κ3) is 7.90. The Hall–Kier alpha value is -2.23. The van der Waals surface area contributed by atoms with Crippen LogP contribution in [0.5, 0.6) is 17.2 Å². The number of hydrogen-bond acceptors (Lipinski definition) is 4. The highest BCUT2D eigenvalue weighted by molar-refractivity contribution is 5.72. The van der Waals surface area contributed by atoms with Gasteiger partial charge in [0, 0.05) is 18.1 Å². The summed E-state index contributed by atoms with van der Waals surface area (Å²) in [5.74, 6) is -0.387. The number of phenols is 2. The number of benzene rings is 1. The Morgan fingerprint density at radius 1 is 1.11 bits per heavy atom. The minimum absolute atomic E-state index is 0.0447. The SMILES string of the molecule is CCCCCc1cc(O)c(C/C=C(/C)CCC=C(C)C)c(O)c1OC(C)=O. The molecule has 0 fully saturated rings. The molecule has 0 radical (unpaired) electrons. The molecule has 0 unspecified atom stereocenters. The molecule has 0 aliphatic heterocycles. The van der Waals surface area contributed by atoms with Crippen LogP contribution in [-0.2, 0) is 17.6 Å². The second-order valence-electron chi connectivity index (χ2n) is 7.34. The van der Waals surface area contributed by atoms with Crippen LogP contribution in [0.25, 0.3) is 0 Å². The minimum atomic E-state index is -0.480. The Labute approximate surface area is 163 Å². The quantitative estimate of drug-likeness (QED) is 0.228. The zero-order valence-corrected chi connectivity index (χ0v) is 17.4. The van der Waals surface area contributed by atoms with Crippen LogP contribution in [0.1, 0.15) is 77.8 Å². The highest BCUT2D eigenvalue weighted by Crippen LogP contribution is 2.41. The lowest BCUT2D eigenvalue weighted by Crippen LogP contribution is -2.06. The van der Waals surface area contributed by atoms with Crippen LogP contribution in [0, 0.1) is 0 Å². The number of unbranched alkanes of at least 4 members (excludes halogenated alkanes) is 2. The second-order valence-corrected chi connectivity index (χ2v) is 7.34. The van der Waals surface area contributed by atoms with Gasteiger partial charge in [0.25, 0.3) is 0 Å². The smallest absolute Gasteiger partial charge is 0.308 e. The summed E-state index contributed by atoms with van der Waals surface area (Å²) >= 11 is 0. The molecule has 0 aliphatic rings. The van der Waals surface area contributed by atoms with Gasteiger partial charge >= 0.3 is 5.97 Å². The molecule has 2 N–H and O–H groups in total. The van der Waals surface area contributed by atoms with Crippen LogP contribution in [0.3, 0.4) is 0 Å². The van der Waals surface area contributed by atoms with E-state index in [1.54, 1.807) is 6.07 Å². The van der Waals surface area contributed by atoms with Crippen molar-refractivity contribution in [2.45, 2.75) is 79.6 Å². The van der Waals surface area contributed by atoms with E-state index in [0.29, 0.717) is 24.0 Å². The molecule has 1 rings (SSSR count). The Morgan fingerprint density at radius 2 is 1.81 bits per heavy atom. The molecule has 0 saturated carbocycles. The highest BCUT2D eigenvalue weighted by atomic mass is 16.5. The number of allylic oxidation sites excluding steroid dienone is 4. The van der Waals surface area contributed by atoms with Crippen molar-refractivity contribution < 1.29 is 19.7 Å². The van der Waals surface area contributed by atoms with Crippen molar-refractivity contribution in [2.75, 3.05) is 0 Å². The van der Waals surface area contributed by atoms with E-state index < -0.39 is 5.97 Å². The number of phenolic OH excluding ortho intramolecular Hbond substituents is 2. The van der Waals surface area contributed by atoms with Gasteiger partial charge < -0.3 is 14.9 Å². The fraction of sp³-hybridized carbons (Fsp3) is 0.522. The van der Waals surface area contributed by atoms with Crippen molar-refractivity contribution in [2.24, 2.45) is 0 Å². The van der Waals surface area contributed by atoms with Crippen molar-refractivity contribution in [3.05, 3.63) is 40.5 Å². The number of aryl methyl sites for hydroxylation is 1. The van der Waals surface area contributed by atoms with E-state index in [1.165, 1.54) is 18.1 Å². The summed E-state index contributed by atoms with van der Waals surface area (Å²) in [6, 6.07) is 1.62. The lowest BCUT2D eigenvalue weighted by Gasteiger charge is -2.15. The molecule has 0 aliphatic carbocycles. The molecule has 0 aromatic heterocycles. The van der Waals surface area contributed by atoms with Gasteiger partial charge in [-0.05, 0) is 58.9 Å². The normalized spacial score (nSPS) is 11.4. The van der Waals surface area contributed by atoms with E-state index in [-0.39, 0.29) is 17.2 Å². The van der Waals surface area contributed by atoms with Gasteiger partial charge in [0.1, 0.15) is 5.75 Å². The first-order valence-electron chi connectivity index (χ1n) is 9.80. The van der Waals surface area contributed by atoms with Crippen LogP contribution >= 0.6 is 0 Å². The van der Waals surface area contributed by atoms with E-state index in [9.17, 15) is 15.0 Å². The fourth-order valence-corrected chi connectivity index (χ4v) is 2.91. The van der Waals surface area contributed by atoms with Crippen LogP contribution in [0.15, 0.2) is 29.4 Å². The third-order valence-electron chi connectivity index (χ3n) is 4.45. The molecular formula is C23H34O4. The van der Waals surface area contributed by atoms with Crippen molar-refractivity contribution in [3.63, 3.8) is 0 Å². The summed E-state index contributed by atoms with van der Waals surface area (Å²) in [4.78, 5) is 11.5. The highest BCUT2D eigenvalue weighted by Gasteiger charge is 2.19. The Bertz CT molecular complexity index is 695. The van der Waals surface area contributed by atoms with Gasteiger partial charge in [0.2, 0.25) is 0 Å². The lowest BCUT2D eigenvalue weighted by molar-refractivity contribution is -0.132. The first kappa shape index (κ1) is 22.8. The van der Waals surface area contributed by atoms with Crippen LogP contribution in [0.4, 0.5) is 0 Å². The van der Waals surface area contributed by atoms with E-state index in [2.05, 4.69) is 26.8 Å². The molecular weight excluding hydrogens is 340 g/mol. The summed E-state index contributed by atoms with van der Waals surface area (Å²) in [5, 5.41) is 21.1. The van der Waals surface area contributed by atoms with E-state index in [1.807, 2.05) is 13.0 Å². The Kier molecular flexibility index (Phi) is 9.70. The summed E-state index contributed by atoms with van der Waals surface area (Å²) < 4.78 is 5.27. The molecule has 4 heteroatoms. The van der Waals surface area contributed by atoms with Gasteiger partial charge in [0.05, 0.1) is 0 Å². The molecule has 150 valence electrons. The number of aromatic hydroxyl groups is 2. The number of carbonyl (C=O) groups is 1. The van der Waals surface area contributed by atoms with Crippen LogP contribution < -0.4 is 4.74 Å². The third-order valence-corrected chi connectivity index (χ3v) is 4.45. The number of carbonyl (C=O) groups excluding carboxylic acids is 1. The minimum Gasteiger partial charge on any atom is -0.508 e. The van der Waals surface area contributed by atoms with Crippen molar-refractivity contribution in [1.29, 1.82) is 0 Å².